The van der Waals surface area contributed by atoms with Crippen molar-refractivity contribution in [3.8, 4) is 5.75 Å². The van der Waals surface area contributed by atoms with Crippen molar-refractivity contribution in [3.63, 3.8) is 0 Å². The highest BCUT2D eigenvalue weighted by Crippen LogP contribution is 2.34. The van der Waals surface area contributed by atoms with Crippen LogP contribution in [0.4, 0.5) is 24.7 Å². The monoisotopic (exact) mass is 534 g/mol. The second-order valence-electron chi connectivity index (χ2n) is 10.3. The van der Waals surface area contributed by atoms with E-state index in [1.807, 2.05) is 24.1 Å². The molecule has 1 aliphatic heterocycles. The Labute approximate surface area is 219 Å². The van der Waals surface area contributed by atoms with E-state index in [-0.39, 0.29) is 18.7 Å². The van der Waals surface area contributed by atoms with Crippen LogP contribution < -0.4 is 14.5 Å². The third kappa shape index (κ3) is 6.47. The number of imidazole rings is 1. The van der Waals surface area contributed by atoms with Crippen LogP contribution in [0.25, 0.3) is 5.65 Å². The largest absolute Gasteiger partial charge is 0.497 e. The molecule has 0 spiro atoms. The lowest BCUT2D eigenvalue weighted by Crippen LogP contribution is -2.45. The average Bonchev–Trinajstić information content (AvgIpc) is 3.27. The van der Waals surface area contributed by atoms with Gasteiger partial charge in [0.25, 0.3) is 0 Å². The number of hydrogen-bond acceptors (Lipinski definition) is 8. The first kappa shape index (κ1) is 27.5. The van der Waals surface area contributed by atoms with Gasteiger partial charge >= 0.3 is 12.1 Å². The Kier molecular flexibility index (Phi) is 7.73. The van der Waals surface area contributed by atoms with Crippen LogP contribution in [0.5, 0.6) is 5.75 Å². The molecule has 0 amide bonds. The number of fused-ring (bicyclic) bond motifs is 1. The first-order chi connectivity index (χ1) is 17.8. The van der Waals surface area contributed by atoms with Gasteiger partial charge in [0.15, 0.2) is 17.2 Å². The summed E-state index contributed by atoms with van der Waals surface area (Å²) >= 11 is 0. The molecule has 0 N–H and O–H groups in total. The molecule has 0 aliphatic carbocycles. The SMILES string of the molecule is COc1ccc(CN(CC(=O)OC(C)(C)C)c2cc(N3CCN(C)CC3)nn3c(C(F)(F)F)cnc23)cc1. The third-order valence-corrected chi connectivity index (χ3v) is 6.17. The van der Waals surface area contributed by atoms with Gasteiger partial charge in [-0.2, -0.15) is 13.2 Å². The van der Waals surface area contributed by atoms with Crippen LogP contribution in [0.15, 0.2) is 36.5 Å². The number of methoxy groups -OCH3 is 1. The number of hydrogen-bond donors (Lipinski definition) is 0. The molecule has 0 bridgehead atoms. The quantitative estimate of drug-likeness (QED) is 0.423. The average molecular weight is 535 g/mol. The lowest BCUT2D eigenvalue weighted by atomic mass is 10.2. The summed E-state index contributed by atoms with van der Waals surface area (Å²) < 4.78 is 53.3. The maximum Gasteiger partial charge on any atom is 0.435 e. The molecular formula is C26H33F3N6O3. The fourth-order valence-electron chi connectivity index (χ4n) is 4.26. The number of esters is 1. The highest BCUT2D eigenvalue weighted by Gasteiger charge is 2.37. The fraction of sp³-hybridized carbons (Fsp3) is 0.500. The van der Waals surface area contributed by atoms with Gasteiger partial charge in [-0.15, -0.1) is 5.10 Å². The van der Waals surface area contributed by atoms with Gasteiger partial charge in [-0.1, -0.05) is 12.1 Å². The van der Waals surface area contributed by atoms with Crippen molar-refractivity contribution >= 4 is 23.1 Å². The molecule has 1 aliphatic rings. The molecule has 9 nitrogen and oxygen atoms in total. The Morgan fingerprint density at radius 2 is 1.74 bits per heavy atom. The molecule has 1 fully saturated rings. The summed E-state index contributed by atoms with van der Waals surface area (Å²) in [6.07, 6.45) is -3.88. The smallest absolute Gasteiger partial charge is 0.435 e. The minimum atomic E-state index is -4.66. The Hall–Kier alpha value is -3.54. The van der Waals surface area contributed by atoms with E-state index in [9.17, 15) is 18.0 Å². The van der Waals surface area contributed by atoms with E-state index >= 15 is 0 Å². The van der Waals surface area contributed by atoms with E-state index in [4.69, 9.17) is 9.47 Å². The van der Waals surface area contributed by atoms with Crippen molar-refractivity contribution in [2.75, 3.05) is 56.7 Å². The molecule has 38 heavy (non-hydrogen) atoms. The predicted molar refractivity (Wildman–Crippen MR) is 138 cm³/mol. The third-order valence-electron chi connectivity index (χ3n) is 6.17. The lowest BCUT2D eigenvalue weighted by Gasteiger charge is -2.34. The van der Waals surface area contributed by atoms with E-state index in [1.54, 1.807) is 51.0 Å². The van der Waals surface area contributed by atoms with Crippen molar-refractivity contribution in [3.05, 3.63) is 47.8 Å². The molecule has 2 aromatic heterocycles. The fourth-order valence-corrected chi connectivity index (χ4v) is 4.26. The Morgan fingerprint density at radius 1 is 1.08 bits per heavy atom. The number of benzene rings is 1. The van der Waals surface area contributed by atoms with E-state index in [2.05, 4.69) is 15.0 Å². The van der Waals surface area contributed by atoms with Crippen molar-refractivity contribution in [2.45, 2.75) is 39.1 Å². The number of aromatic nitrogens is 3. The summed E-state index contributed by atoms with van der Waals surface area (Å²) in [7, 11) is 3.56. The van der Waals surface area contributed by atoms with Gasteiger partial charge in [-0.05, 0) is 45.5 Å². The molecule has 3 aromatic rings. The number of halogens is 3. The summed E-state index contributed by atoms with van der Waals surface area (Å²) in [5.74, 6) is 0.539. The van der Waals surface area contributed by atoms with Crippen molar-refractivity contribution in [1.82, 2.24) is 19.5 Å². The predicted octanol–water partition coefficient (Wildman–Crippen LogP) is 3.86. The topological polar surface area (TPSA) is 75.4 Å². The Balaban J connectivity index is 1.82. The molecule has 1 saturated heterocycles. The van der Waals surface area contributed by atoms with Gasteiger partial charge in [0.05, 0.1) is 19.0 Å². The molecule has 0 saturated carbocycles. The van der Waals surface area contributed by atoms with Crippen LogP contribution in [-0.2, 0) is 22.3 Å². The zero-order valence-corrected chi connectivity index (χ0v) is 22.2. The van der Waals surface area contributed by atoms with E-state index in [1.165, 1.54) is 0 Å². The molecule has 3 heterocycles. The summed E-state index contributed by atoms with van der Waals surface area (Å²) in [4.78, 5) is 22.8. The number of ether oxygens (including phenoxy) is 2. The normalized spacial score (nSPS) is 15.1. The number of anilines is 2. The van der Waals surface area contributed by atoms with Crippen LogP contribution in [-0.4, -0.2) is 77.9 Å². The molecular weight excluding hydrogens is 501 g/mol. The standard InChI is InChI=1S/C26H33F3N6O3/c1-25(2,3)38-23(36)17-34(16-18-6-8-19(37-5)9-7-18)20-14-22(33-12-10-32(4)11-13-33)31-35-21(26(27,28)29)15-30-24(20)35/h6-9,14-15H,10-13,16-17H2,1-5H3. The number of piperazine rings is 1. The van der Waals surface area contributed by atoms with E-state index in [0.717, 1.165) is 29.4 Å². The van der Waals surface area contributed by atoms with E-state index in [0.29, 0.717) is 30.3 Å². The van der Waals surface area contributed by atoms with Crippen LogP contribution in [0.2, 0.25) is 0 Å². The van der Waals surface area contributed by atoms with Gasteiger partial charge < -0.3 is 24.2 Å². The second-order valence-corrected chi connectivity index (χ2v) is 10.3. The van der Waals surface area contributed by atoms with Crippen LogP contribution in [0.3, 0.4) is 0 Å². The van der Waals surface area contributed by atoms with Crippen LogP contribution in [0, 0.1) is 0 Å². The first-order valence-electron chi connectivity index (χ1n) is 12.3. The number of rotatable bonds is 7. The molecule has 4 rings (SSSR count). The van der Waals surface area contributed by atoms with E-state index < -0.39 is 23.4 Å². The minimum Gasteiger partial charge on any atom is -0.497 e. The number of likely N-dealkylation sites (N-methyl/N-ethyl adjacent to an activating group) is 1. The molecule has 12 heteroatoms. The number of alkyl halides is 3. The lowest BCUT2D eigenvalue weighted by molar-refractivity contribution is -0.153. The van der Waals surface area contributed by atoms with Gasteiger partial charge in [0, 0.05) is 38.8 Å². The first-order valence-corrected chi connectivity index (χ1v) is 12.3. The van der Waals surface area contributed by atoms with Gasteiger partial charge in [0.1, 0.15) is 17.9 Å². The van der Waals surface area contributed by atoms with Gasteiger partial charge in [-0.3, -0.25) is 4.79 Å². The zero-order chi connectivity index (χ0) is 27.7. The summed E-state index contributed by atoms with van der Waals surface area (Å²) in [6.45, 7) is 8.02. The molecule has 0 unspecified atom stereocenters. The van der Waals surface area contributed by atoms with Crippen molar-refractivity contribution < 1.29 is 27.4 Å². The molecule has 0 radical (unpaired) electrons. The van der Waals surface area contributed by atoms with Crippen LogP contribution in [0.1, 0.15) is 32.0 Å². The van der Waals surface area contributed by atoms with Gasteiger partial charge in [0.2, 0.25) is 0 Å². The number of carbonyl (C=O) groups excluding carboxylic acids is 1. The number of carbonyl (C=O) groups is 1. The maximum absolute atomic E-state index is 13.9. The molecule has 206 valence electrons. The summed E-state index contributed by atoms with van der Waals surface area (Å²) in [6, 6.07) is 8.97. The van der Waals surface area contributed by atoms with Crippen LogP contribution >= 0.6 is 0 Å². The molecule has 0 atom stereocenters. The second kappa shape index (κ2) is 10.7. The molecule has 1 aromatic carbocycles. The summed E-state index contributed by atoms with van der Waals surface area (Å²) in [5, 5.41) is 4.34. The Morgan fingerprint density at radius 3 is 2.32 bits per heavy atom. The Bertz CT molecular complexity index is 1260. The van der Waals surface area contributed by atoms with Gasteiger partial charge in [-0.25, -0.2) is 9.50 Å². The van der Waals surface area contributed by atoms with Crippen molar-refractivity contribution in [1.29, 1.82) is 0 Å². The zero-order valence-electron chi connectivity index (χ0n) is 22.2. The number of nitrogens with zero attached hydrogens (tertiary/aromatic N) is 6. The summed E-state index contributed by atoms with van der Waals surface area (Å²) in [5.41, 5.74) is -0.518. The maximum atomic E-state index is 13.9. The highest BCUT2D eigenvalue weighted by molar-refractivity contribution is 5.81. The highest BCUT2D eigenvalue weighted by atomic mass is 19.4. The minimum absolute atomic E-state index is 0.00673. The van der Waals surface area contributed by atoms with Crippen molar-refractivity contribution in [2.24, 2.45) is 0 Å².